The number of hydrogen-bond donors (Lipinski definition) is 2. The number of imidazole rings is 1. The lowest BCUT2D eigenvalue weighted by atomic mass is 10.2. The van der Waals surface area contributed by atoms with E-state index < -0.39 is 29.7 Å². The number of carbonyl (C=O) groups excluding carboxylic acids is 1. The number of carbonyl (C=O) groups is 2. The molecule has 204 valence electrons. The number of hydrogen-bond acceptors (Lipinski definition) is 5. The number of nitrogens with one attached hydrogen (secondary N) is 1. The standard InChI is InChI=1S/C28H28F2N4O5/c1-18-25(27(35)32-20(16-38-2)15-33(28(36)37)14-19-8-4-3-5-9-19)34-13-7-12-24(26(34)31-18)39-17-21-22(29)10-6-11-23(21)30/h3-13,20H,14-17H2,1-2H3,(H,32,35)(H,36,37). The van der Waals surface area contributed by atoms with Crippen molar-refractivity contribution in [2.24, 2.45) is 0 Å². The summed E-state index contributed by atoms with van der Waals surface area (Å²) in [4.78, 5) is 31.0. The van der Waals surface area contributed by atoms with E-state index in [1.165, 1.54) is 22.5 Å². The average molecular weight is 539 g/mol. The van der Waals surface area contributed by atoms with Crippen LogP contribution in [0.5, 0.6) is 5.75 Å². The highest BCUT2D eigenvalue weighted by Gasteiger charge is 2.25. The Kier molecular flexibility index (Phi) is 8.72. The van der Waals surface area contributed by atoms with Crippen LogP contribution >= 0.6 is 0 Å². The largest absolute Gasteiger partial charge is 0.485 e. The molecule has 1 unspecified atom stereocenters. The van der Waals surface area contributed by atoms with Gasteiger partial charge in [0.05, 0.1) is 23.9 Å². The van der Waals surface area contributed by atoms with Crippen LogP contribution in [0.15, 0.2) is 66.9 Å². The molecule has 9 nitrogen and oxygen atoms in total. The summed E-state index contributed by atoms with van der Waals surface area (Å²) in [6.45, 7) is 1.48. The molecule has 39 heavy (non-hydrogen) atoms. The predicted octanol–water partition coefficient (Wildman–Crippen LogP) is 4.42. The lowest BCUT2D eigenvalue weighted by molar-refractivity contribution is 0.0836. The molecule has 0 aliphatic rings. The van der Waals surface area contributed by atoms with Crippen LogP contribution in [0.25, 0.3) is 5.65 Å². The summed E-state index contributed by atoms with van der Waals surface area (Å²) in [5.41, 5.74) is 1.47. The molecule has 0 saturated carbocycles. The van der Waals surface area contributed by atoms with E-state index in [1.54, 1.807) is 25.3 Å². The van der Waals surface area contributed by atoms with Crippen LogP contribution in [0.3, 0.4) is 0 Å². The van der Waals surface area contributed by atoms with E-state index in [2.05, 4.69) is 10.3 Å². The fourth-order valence-electron chi connectivity index (χ4n) is 4.24. The third-order valence-electron chi connectivity index (χ3n) is 6.07. The van der Waals surface area contributed by atoms with Gasteiger partial charge in [0, 0.05) is 26.4 Å². The quantitative estimate of drug-likeness (QED) is 0.293. The van der Waals surface area contributed by atoms with E-state index in [9.17, 15) is 23.5 Å². The van der Waals surface area contributed by atoms with Gasteiger partial charge in [-0.2, -0.15) is 0 Å². The van der Waals surface area contributed by atoms with E-state index in [0.29, 0.717) is 5.69 Å². The number of nitrogens with zero attached hydrogens (tertiary/aromatic N) is 3. The zero-order chi connectivity index (χ0) is 27.9. The number of ether oxygens (including phenoxy) is 2. The van der Waals surface area contributed by atoms with Crippen LogP contribution in [0.1, 0.15) is 27.3 Å². The van der Waals surface area contributed by atoms with Gasteiger partial charge in [0.15, 0.2) is 11.4 Å². The molecular formula is C28H28F2N4O5. The topological polar surface area (TPSA) is 105 Å². The Morgan fingerprint density at radius 3 is 2.46 bits per heavy atom. The van der Waals surface area contributed by atoms with Crippen molar-refractivity contribution in [1.29, 1.82) is 0 Å². The Labute approximate surface area is 223 Å². The van der Waals surface area contributed by atoms with Crippen LogP contribution in [-0.4, -0.2) is 57.7 Å². The van der Waals surface area contributed by atoms with Gasteiger partial charge in [-0.05, 0) is 36.8 Å². The zero-order valence-corrected chi connectivity index (χ0v) is 21.4. The maximum absolute atomic E-state index is 14.0. The Bertz CT molecular complexity index is 1440. The third-order valence-corrected chi connectivity index (χ3v) is 6.07. The second-order valence-corrected chi connectivity index (χ2v) is 8.88. The van der Waals surface area contributed by atoms with Gasteiger partial charge in [-0.15, -0.1) is 0 Å². The Morgan fingerprint density at radius 2 is 1.79 bits per heavy atom. The summed E-state index contributed by atoms with van der Waals surface area (Å²) in [7, 11) is 1.46. The fraction of sp³-hybridized carbons (Fsp3) is 0.250. The summed E-state index contributed by atoms with van der Waals surface area (Å²) in [5, 5.41) is 12.6. The van der Waals surface area contributed by atoms with Crippen molar-refractivity contribution in [3.05, 3.63) is 101 Å². The smallest absolute Gasteiger partial charge is 0.407 e. The second kappa shape index (κ2) is 12.4. The van der Waals surface area contributed by atoms with Crippen LogP contribution in [0, 0.1) is 18.6 Å². The van der Waals surface area contributed by atoms with Crippen molar-refractivity contribution in [2.45, 2.75) is 26.1 Å². The first-order valence-electron chi connectivity index (χ1n) is 12.1. The van der Waals surface area contributed by atoms with E-state index in [1.807, 2.05) is 30.3 Å². The minimum atomic E-state index is -1.13. The highest BCUT2D eigenvalue weighted by Crippen LogP contribution is 2.24. The summed E-state index contributed by atoms with van der Waals surface area (Å²) >= 11 is 0. The zero-order valence-electron chi connectivity index (χ0n) is 21.4. The Hall–Kier alpha value is -4.51. The fourth-order valence-corrected chi connectivity index (χ4v) is 4.24. The van der Waals surface area contributed by atoms with Gasteiger partial charge in [-0.1, -0.05) is 36.4 Å². The highest BCUT2D eigenvalue weighted by atomic mass is 19.1. The number of halogens is 2. The van der Waals surface area contributed by atoms with Gasteiger partial charge in [0.25, 0.3) is 5.91 Å². The summed E-state index contributed by atoms with van der Waals surface area (Å²) in [5.74, 6) is -1.72. The molecule has 0 aliphatic heterocycles. The van der Waals surface area contributed by atoms with E-state index >= 15 is 0 Å². The molecule has 4 aromatic rings. The predicted molar refractivity (Wildman–Crippen MR) is 139 cm³/mol. The molecular weight excluding hydrogens is 510 g/mol. The molecule has 2 amide bonds. The number of carboxylic acid groups (broad SMARTS) is 1. The molecule has 2 aromatic heterocycles. The number of pyridine rings is 1. The third kappa shape index (κ3) is 6.50. The molecule has 0 spiro atoms. The lowest BCUT2D eigenvalue weighted by Gasteiger charge is -2.26. The van der Waals surface area contributed by atoms with E-state index in [0.717, 1.165) is 17.7 Å². The van der Waals surface area contributed by atoms with Gasteiger partial charge < -0.3 is 24.8 Å². The normalized spacial score (nSPS) is 11.8. The first-order valence-corrected chi connectivity index (χ1v) is 12.1. The minimum absolute atomic E-state index is 0.0117. The van der Waals surface area contributed by atoms with Gasteiger partial charge in [0.2, 0.25) is 0 Å². The van der Waals surface area contributed by atoms with E-state index in [-0.39, 0.29) is 49.0 Å². The van der Waals surface area contributed by atoms with Gasteiger partial charge >= 0.3 is 6.09 Å². The average Bonchev–Trinajstić information content (AvgIpc) is 3.25. The summed E-state index contributed by atoms with van der Waals surface area (Å²) < 4.78 is 40.5. The monoisotopic (exact) mass is 538 g/mol. The number of amides is 2. The first kappa shape index (κ1) is 27.5. The van der Waals surface area contributed by atoms with Crippen molar-refractivity contribution in [1.82, 2.24) is 19.6 Å². The molecule has 0 bridgehead atoms. The maximum atomic E-state index is 14.0. The molecule has 2 aromatic carbocycles. The Morgan fingerprint density at radius 1 is 1.08 bits per heavy atom. The second-order valence-electron chi connectivity index (χ2n) is 8.88. The first-order chi connectivity index (χ1) is 18.8. The number of fused-ring (bicyclic) bond motifs is 1. The van der Waals surface area contributed by atoms with Crippen molar-refractivity contribution in [2.75, 3.05) is 20.3 Å². The molecule has 2 N–H and O–H groups in total. The molecule has 0 aliphatic carbocycles. The SMILES string of the molecule is COCC(CN(Cc1ccccc1)C(=O)O)NC(=O)c1c(C)nc2c(OCc3c(F)cccc3F)cccn12. The number of aryl methyl sites for hydroxylation is 1. The molecule has 0 saturated heterocycles. The highest BCUT2D eigenvalue weighted by molar-refractivity contribution is 5.95. The Balaban J connectivity index is 1.53. The molecule has 4 rings (SSSR count). The molecule has 1 atom stereocenters. The van der Waals surface area contributed by atoms with Crippen molar-refractivity contribution < 1.29 is 33.0 Å². The van der Waals surface area contributed by atoms with Gasteiger partial charge in [-0.3, -0.25) is 9.20 Å². The minimum Gasteiger partial charge on any atom is -0.485 e. The van der Waals surface area contributed by atoms with Gasteiger partial charge in [-0.25, -0.2) is 18.6 Å². The van der Waals surface area contributed by atoms with Crippen molar-refractivity contribution >= 4 is 17.6 Å². The van der Waals surface area contributed by atoms with Crippen LogP contribution in [0.2, 0.25) is 0 Å². The number of aromatic nitrogens is 2. The molecule has 0 fully saturated rings. The maximum Gasteiger partial charge on any atom is 0.407 e. The van der Waals surface area contributed by atoms with Gasteiger partial charge in [0.1, 0.15) is 23.9 Å². The van der Waals surface area contributed by atoms with Crippen molar-refractivity contribution in [3.63, 3.8) is 0 Å². The molecule has 11 heteroatoms. The van der Waals surface area contributed by atoms with Crippen LogP contribution in [-0.2, 0) is 17.9 Å². The molecule has 2 heterocycles. The van der Waals surface area contributed by atoms with Crippen LogP contribution in [0.4, 0.5) is 13.6 Å². The number of benzene rings is 2. The molecule has 0 radical (unpaired) electrons. The lowest BCUT2D eigenvalue weighted by Crippen LogP contribution is -2.47. The number of rotatable bonds is 11. The van der Waals surface area contributed by atoms with Crippen molar-refractivity contribution in [3.8, 4) is 5.75 Å². The van der Waals surface area contributed by atoms with E-state index in [4.69, 9.17) is 9.47 Å². The number of methoxy groups -OCH3 is 1. The summed E-state index contributed by atoms with van der Waals surface area (Å²) in [6, 6.07) is 15.2. The summed E-state index contributed by atoms with van der Waals surface area (Å²) in [6.07, 6.45) is 0.485. The van der Waals surface area contributed by atoms with Crippen LogP contribution < -0.4 is 10.1 Å².